The molecule has 1 heterocycles. The Morgan fingerprint density at radius 3 is 2.64 bits per heavy atom. The number of carbonyl (C=O) groups excluding carboxylic acids is 1. The summed E-state index contributed by atoms with van der Waals surface area (Å²) >= 11 is 0. The van der Waals surface area contributed by atoms with E-state index in [4.69, 9.17) is 4.74 Å². The SMILES string of the molecule is CCC(CNCc1cncn1C(C)C)NC(=O)OC(C)(C)C. The second kappa shape index (κ2) is 8.17. The van der Waals surface area contributed by atoms with Gasteiger partial charge in [0.2, 0.25) is 0 Å². The number of ether oxygens (including phenoxy) is 1. The molecule has 126 valence electrons. The van der Waals surface area contributed by atoms with E-state index in [9.17, 15) is 4.79 Å². The van der Waals surface area contributed by atoms with Crippen molar-refractivity contribution < 1.29 is 9.53 Å². The first-order valence-corrected chi connectivity index (χ1v) is 7.94. The standard InChI is InChI=1S/C16H30N4O2/c1-7-13(19-15(21)22-16(4,5)6)8-17-9-14-10-18-11-20(14)12(2)3/h10-13,17H,7-9H2,1-6H3,(H,19,21). The van der Waals surface area contributed by atoms with Crippen molar-refractivity contribution in [2.24, 2.45) is 0 Å². The third kappa shape index (κ3) is 6.47. The van der Waals surface area contributed by atoms with Crippen LogP contribution < -0.4 is 10.6 Å². The fourth-order valence-corrected chi connectivity index (χ4v) is 2.08. The molecule has 1 amide bonds. The highest BCUT2D eigenvalue weighted by atomic mass is 16.6. The fourth-order valence-electron chi connectivity index (χ4n) is 2.08. The van der Waals surface area contributed by atoms with Gasteiger partial charge in [-0.25, -0.2) is 9.78 Å². The number of amides is 1. The lowest BCUT2D eigenvalue weighted by molar-refractivity contribution is 0.0502. The van der Waals surface area contributed by atoms with Crippen LogP contribution in [0, 0.1) is 0 Å². The lowest BCUT2D eigenvalue weighted by atomic mass is 10.2. The number of nitrogens with zero attached hydrogens (tertiary/aromatic N) is 2. The molecule has 0 spiro atoms. The van der Waals surface area contributed by atoms with E-state index in [1.807, 2.05) is 40.2 Å². The molecular weight excluding hydrogens is 280 g/mol. The summed E-state index contributed by atoms with van der Waals surface area (Å²) in [5.41, 5.74) is 0.668. The Labute approximate surface area is 133 Å². The quantitative estimate of drug-likeness (QED) is 0.812. The Kier molecular flexibility index (Phi) is 6.87. The van der Waals surface area contributed by atoms with Gasteiger partial charge in [0.05, 0.1) is 12.0 Å². The number of imidazole rings is 1. The average Bonchev–Trinajstić information content (AvgIpc) is 2.83. The second-order valence-electron chi connectivity index (χ2n) is 6.77. The van der Waals surface area contributed by atoms with Gasteiger partial charge in [0.1, 0.15) is 5.60 Å². The maximum absolute atomic E-state index is 11.8. The maximum Gasteiger partial charge on any atom is 0.407 e. The highest BCUT2D eigenvalue weighted by Gasteiger charge is 2.18. The van der Waals surface area contributed by atoms with Crippen LogP contribution in [0.2, 0.25) is 0 Å². The molecule has 0 aliphatic rings. The summed E-state index contributed by atoms with van der Waals surface area (Å²) in [4.78, 5) is 16.0. The van der Waals surface area contributed by atoms with Crippen LogP contribution in [-0.4, -0.2) is 33.8 Å². The van der Waals surface area contributed by atoms with Crippen molar-refractivity contribution in [1.29, 1.82) is 0 Å². The summed E-state index contributed by atoms with van der Waals surface area (Å²) in [5.74, 6) is 0. The van der Waals surface area contributed by atoms with Gasteiger partial charge in [-0.15, -0.1) is 0 Å². The Balaban J connectivity index is 2.41. The Morgan fingerprint density at radius 2 is 2.09 bits per heavy atom. The van der Waals surface area contributed by atoms with E-state index in [0.29, 0.717) is 12.6 Å². The molecule has 1 rings (SSSR count). The predicted molar refractivity (Wildman–Crippen MR) is 87.8 cm³/mol. The minimum Gasteiger partial charge on any atom is -0.444 e. The topological polar surface area (TPSA) is 68.2 Å². The van der Waals surface area contributed by atoms with E-state index >= 15 is 0 Å². The van der Waals surface area contributed by atoms with Gasteiger partial charge < -0.3 is 19.9 Å². The molecule has 2 N–H and O–H groups in total. The first-order chi connectivity index (χ1) is 10.2. The highest BCUT2D eigenvalue weighted by Crippen LogP contribution is 2.09. The Morgan fingerprint density at radius 1 is 1.41 bits per heavy atom. The van der Waals surface area contributed by atoms with E-state index in [1.165, 1.54) is 0 Å². The number of hydrogen-bond acceptors (Lipinski definition) is 4. The molecule has 1 atom stereocenters. The summed E-state index contributed by atoms with van der Waals surface area (Å²) in [5, 5.41) is 6.27. The van der Waals surface area contributed by atoms with Crippen LogP contribution >= 0.6 is 0 Å². The van der Waals surface area contributed by atoms with Gasteiger partial charge in [-0.05, 0) is 41.0 Å². The minimum absolute atomic E-state index is 0.0465. The summed E-state index contributed by atoms with van der Waals surface area (Å²) in [7, 11) is 0. The van der Waals surface area contributed by atoms with E-state index in [2.05, 4.69) is 34.0 Å². The molecule has 1 aromatic rings. The molecule has 0 saturated carbocycles. The normalized spacial score (nSPS) is 13.2. The molecule has 0 aromatic carbocycles. The number of alkyl carbamates (subject to hydrolysis) is 1. The Hall–Kier alpha value is -1.56. The number of rotatable bonds is 7. The highest BCUT2D eigenvalue weighted by molar-refractivity contribution is 5.68. The van der Waals surface area contributed by atoms with Gasteiger partial charge in [-0.1, -0.05) is 6.92 Å². The van der Waals surface area contributed by atoms with Crippen molar-refractivity contribution in [3.05, 3.63) is 18.2 Å². The van der Waals surface area contributed by atoms with Gasteiger partial charge in [0, 0.05) is 31.4 Å². The van der Waals surface area contributed by atoms with Gasteiger partial charge in [-0.2, -0.15) is 0 Å². The van der Waals surface area contributed by atoms with Crippen LogP contribution in [0.4, 0.5) is 4.79 Å². The van der Waals surface area contributed by atoms with Crippen LogP contribution in [-0.2, 0) is 11.3 Å². The van der Waals surface area contributed by atoms with Crippen LogP contribution in [0.25, 0.3) is 0 Å². The molecule has 0 aliphatic heterocycles. The van der Waals surface area contributed by atoms with E-state index in [1.54, 1.807) is 0 Å². The first kappa shape index (κ1) is 18.5. The molecule has 0 aliphatic carbocycles. The molecule has 0 fully saturated rings. The van der Waals surface area contributed by atoms with Crippen LogP contribution in [0.3, 0.4) is 0 Å². The predicted octanol–water partition coefficient (Wildman–Crippen LogP) is 2.86. The lowest BCUT2D eigenvalue weighted by Crippen LogP contribution is -2.43. The van der Waals surface area contributed by atoms with Crippen molar-refractivity contribution in [2.75, 3.05) is 6.54 Å². The molecule has 1 unspecified atom stereocenters. The van der Waals surface area contributed by atoms with Crippen molar-refractivity contribution in [2.45, 2.75) is 72.2 Å². The van der Waals surface area contributed by atoms with Crippen molar-refractivity contribution in [3.8, 4) is 0 Å². The van der Waals surface area contributed by atoms with Gasteiger partial charge >= 0.3 is 6.09 Å². The number of carbonyl (C=O) groups is 1. The molecule has 1 aromatic heterocycles. The monoisotopic (exact) mass is 310 g/mol. The molecule has 0 bridgehead atoms. The minimum atomic E-state index is -0.473. The fraction of sp³-hybridized carbons (Fsp3) is 0.750. The molecule has 0 saturated heterocycles. The van der Waals surface area contributed by atoms with Gasteiger partial charge in [0.15, 0.2) is 0 Å². The summed E-state index contributed by atoms with van der Waals surface area (Å²) in [6.07, 6.45) is 4.19. The van der Waals surface area contributed by atoms with Crippen molar-refractivity contribution >= 4 is 6.09 Å². The second-order valence-corrected chi connectivity index (χ2v) is 6.77. The third-order valence-electron chi connectivity index (χ3n) is 3.21. The average molecular weight is 310 g/mol. The number of nitrogens with one attached hydrogen (secondary N) is 2. The molecular formula is C16H30N4O2. The van der Waals surface area contributed by atoms with Gasteiger partial charge in [-0.3, -0.25) is 0 Å². The first-order valence-electron chi connectivity index (χ1n) is 7.94. The van der Waals surface area contributed by atoms with Crippen molar-refractivity contribution in [1.82, 2.24) is 20.2 Å². The third-order valence-corrected chi connectivity index (χ3v) is 3.21. The van der Waals surface area contributed by atoms with E-state index in [-0.39, 0.29) is 12.1 Å². The molecule has 22 heavy (non-hydrogen) atoms. The smallest absolute Gasteiger partial charge is 0.407 e. The van der Waals surface area contributed by atoms with Gasteiger partial charge in [0.25, 0.3) is 0 Å². The maximum atomic E-state index is 11.8. The van der Waals surface area contributed by atoms with Crippen LogP contribution in [0.1, 0.15) is 59.7 Å². The number of hydrogen-bond donors (Lipinski definition) is 2. The molecule has 6 heteroatoms. The molecule has 6 nitrogen and oxygen atoms in total. The summed E-state index contributed by atoms with van der Waals surface area (Å²) < 4.78 is 7.42. The summed E-state index contributed by atoms with van der Waals surface area (Å²) in [6.45, 7) is 13.3. The largest absolute Gasteiger partial charge is 0.444 e. The molecule has 0 radical (unpaired) electrons. The van der Waals surface area contributed by atoms with Crippen molar-refractivity contribution in [3.63, 3.8) is 0 Å². The van der Waals surface area contributed by atoms with Crippen LogP contribution in [0.15, 0.2) is 12.5 Å². The Bertz CT molecular complexity index is 463. The lowest BCUT2D eigenvalue weighted by Gasteiger charge is -2.23. The zero-order valence-corrected chi connectivity index (χ0v) is 14.6. The van der Waals surface area contributed by atoms with E-state index in [0.717, 1.165) is 18.7 Å². The summed E-state index contributed by atoms with van der Waals surface area (Å²) in [6, 6.07) is 0.437. The van der Waals surface area contributed by atoms with Crippen LogP contribution in [0.5, 0.6) is 0 Å². The zero-order valence-electron chi connectivity index (χ0n) is 14.6. The zero-order chi connectivity index (χ0) is 16.8. The number of aromatic nitrogens is 2. The van der Waals surface area contributed by atoms with E-state index < -0.39 is 5.60 Å².